The summed E-state index contributed by atoms with van der Waals surface area (Å²) in [7, 11) is 0. The summed E-state index contributed by atoms with van der Waals surface area (Å²) in [5.74, 6) is -4.81. The van der Waals surface area contributed by atoms with Crippen LogP contribution in [0.4, 0.5) is 26.7 Å². The number of alkyl carbamates (subject to hydrolysis) is 1. The molecule has 0 aliphatic carbocycles. The number of aliphatic hydroxyl groups excluding tert-OH is 1. The Kier molecular flexibility index (Phi) is 14.1. The number of imide groups is 1. The Bertz CT molecular complexity index is 1990. The predicted octanol–water partition coefficient (Wildman–Crippen LogP) is 7.68. The number of alkyl halides is 3. The van der Waals surface area contributed by atoms with Crippen LogP contribution in [0, 0.1) is 11.6 Å². The molecule has 56 heavy (non-hydrogen) atoms. The number of ether oxygens (including phenoxy) is 1. The molecule has 4 aromatic rings. The fourth-order valence-corrected chi connectivity index (χ4v) is 5.84. The zero-order valence-corrected chi connectivity index (χ0v) is 31.5. The molecule has 0 spiro atoms. The highest BCUT2D eigenvalue weighted by Gasteiger charge is 2.35. The number of oxazole rings is 1. The molecule has 0 saturated heterocycles. The van der Waals surface area contributed by atoms with Gasteiger partial charge < -0.3 is 24.5 Å². The highest BCUT2D eigenvalue weighted by Crippen LogP contribution is 2.30. The Hall–Kier alpha value is -5.64. The highest BCUT2D eigenvalue weighted by molar-refractivity contribution is 6.11. The van der Waals surface area contributed by atoms with Gasteiger partial charge in [0.1, 0.15) is 23.5 Å². The normalized spacial score (nSPS) is 12.8. The maximum absolute atomic E-state index is 14.6. The van der Waals surface area contributed by atoms with E-state index in [9.17, 15) is 46.2 Å². The molecule has 16 heteroatoms. The number of aliphatic hydroxyl groups is 1. The third kappa shape index (κ3) is 11.7. The molecule has 300 valence electrons. The van der Waals surface area contributed by atoms with Crippen LogP contribution < -0.4 is 5.32 Å². The van der Waals surface area contributed by atoms with Crippen molar-refractivity contribution in [3.05, 3.63) is 113 Å². The first-order valence-electron chi connectivity index (χ1n) is 17.8. The third-order valence-electron chi connectivity index (χ3n) is 8.22. The van der Waals surface area contributed by atoms with Crippen molar-refractivity contribution in [1.29, 1.82) is 0 Å². The van der Waals surface area contributed by atoms with Crippen LogP contribution in [0.15, 0.2) is 77.5 Å². The molecule has 0 radical (unpaired) electrons. The summed E-state index contributed by atoms with van der Waals surface area (Å²) < 4.78 is 80.4. The van der Waals surface area contributed by atoms with E-state index in [4.69, 9.17) is 9.15 Å². The molecular weight excluding hydrogens is 743 g/mol. The van der Waals surface area contributed by atoms with E-state index in [0.717, 1.165) is 30.3 Å². The third-order valence-corrected chi connectivity index (χ3v) is 8.22. The second kappa shape index (κ2) is 18.3. The average molecular weight is 787 g/mol. The van der Waals surface area contributed by atoms with Crippen LogP contribution >= 0.6 is 0 Å². The van der Waals surface area contributed by atoms with E-state index in [2.05, 4.69) is 10.3 Å². The molecule has 2 atom stereocenters. The number of hydrogen-bond donors (Lipinski definition) is 2. The summed E-state index contributed by atoms with van der Waals surface area (Å²) in [6, 6.07) is 8.21. The topological polar surface area (TPSA) is 142 Å². The molecule has 2 N–H and O–H groups in total. The van der Waals surface area contributed by atoms with Gasteiger partial charge in [0.25, 0.3) is 17.7 Å². The van der Waals surface area contributed by atoms with Gasteiger partial charge in [0.15, 0.2) is 0 Å². The largest absolute Gasteiger partial charge is 0.445 e. The molecule has 4 rings (SSSR count). The Labute approximate surface area is 320 Å². The van der Waals surface area contributed by atoms with E-state index >= 15 is 0 Å². The van der Waals surface area contributed by atoms with Crippen LogP contribution in [0.2, 0.25) is 0 Å². The smallest absolute Gasteiger partial charge is 0.416 e. The molecule has 3 aromatic carbocycles. The van der Waals surface area contributed by atoms with E-state index in [-0.39, 0.29) is 28.1 Å². The van der Waals surface area contributed by atoms with Gasteiger partial charge in [0.05, 0.1) is 30.5 Å². The maximum atomic E-state index is 14.6. The zero-order chi connectivity index (χ0) is 41.4. The molecule has 0 bridgehead atoms. The number of aromatic nitrogens is 1. The van der Waals surface area contributed by atoms with Crippen LogP contribution in [-0.4, -0.2) is 81.1 Å². The molecule has 0 unspecified atom stereocenters. The number of halogens is 5. The summed E-state index contributed by atoms with van der Waals surface area (Å²) in [6.07, 6.45) is -4.46. The minimum Gasteiger partial charge on any atom is -0.445 e. The summed E-state index contributed by atoms with van der Waals surface area (Å²) in [5, 5.41) is 14.1. The van der Waals surface area contributed by atoms with Crippen molar-refractivity contribution in [2.75, 3.05) is 19.6 Å². The van der Waals surface area contributed by atoms with Gasteiger partial charge in [0.2, 0.25) is 5.89 Å². The van der Waals surface area contributed by atoms with Crippen molar-refractivity contribution >= 4 is 23.8 Å². The molecule has 0 aliphatic rings. The van der Waals surface area contributed by atoms with Crippen molar-refractivity contribution in [2.45, 2.75) is 77.8 Å². The molecule has 11 nitrogen and oxygen atoms in total. The first-order chi connectivity index (χ1) is 26.3. The summed E-state index contributed by atoms with van der Waals surface area (Å²) in [4.78, 5) is 61.6. The van der Waals surface area contributed by atoms with Crippen molar-refractivity contribution < 1.29 is 55.4 Å². The number of carbonyl (C=O) groups excluding carboxylic acids is 4. The summed E-state index contributed by atoms with van der Waals surface area (Å²) in [5.41, 5.74) is -2.97. The summed E-state index contributed by atoms with van der Waals surface area (Å²) in [6.45, 7) is 8.24. The monoisotopic (exact) mass is 786 g/mol. The Balaban J connectivity index is 1.85. The van der Waals surface area contributed by atoms with Gasteiger partial charge in [-0.3, -0.25) is 19.3 Å². The second-order valence-corrected chi connectivity index (χ2v) is 14.0. The fourth-order valence-electron chi connectivity index (χ4n) is 5.84. The number of amides is 4. The highest BCUT2D eigenvalue weighted by atomic mass is 19.4. The van der Waals surface area contributed by atoms with Crippen molar-refractivity contribution in [3.8, 4) is 11.5 Å². The van der Waals surface area contributed by atoms with Crippen LogP contribution in [0.1, 0.15) is 89.7 Å². The van der Waals surface area contributed by atoms with Gasteiger partial charge in [-0.1, -0.05) is 19.9 Å². The number of carbonyl (C=O) groups is 4. The van der Waals surface area contributed by atoms with Gasteiger partial charge in [0, 0.05) is 41.4 Å². The minimum atomic E-state index is -4.87. The minimum absolute atomic E-state index is 0.00553. The van der Waals surface area contributed by atoms with Crippen molar-refractivity contribution in [2.24, 2.45) is 0 Å². The molecule has 1 aromatic heterocycles. The first-order valence-corrected chi connectivity index (χ1v) is 17.8. The van der Waals surface area contributed by atoms with Crippen molar-refractivity contribution in [3.63, 3.8) is 0 Å². The molecular formula is C40H43F5N4O7. The predicted molar refractivity (Wildman–Crippen MR) is 194 cm³/mol. The lowest BCUT2D eigenvalue weighted by atomic mass is 9.99. The van der Waals surface area contributed by atoms with Crippen LogP contribution in [0.3, 0.4) is 0 Å². The lowest BCUT2D eigenvalue weighted by Gasteiger charge is -2.30. The quantitative estimate of drug-likeness (QED) is 0.0980. The van der Waals surface area contributed by atoms with Crippen LogP contribution in [0.25, 0.3) is 11.5 Å². The summed E-state index contributed by atoms with van der Waals surface area (Å²) >= 11 is 0. The molecule has 4 amide bonds. The number of hydrogen-bond acceptors (Lipinski definition) is 8. The Morgan fingerprint density at radius 1 is 0.857 bits per heavy atom. The van der Waals surface area contributed by atoms with Crippen LogP contribution in [-0.2, 0) is 17.3 Å². The van der Waals surface area contributed by atoms with Crippen LogP contribution in [0.5, 0.6) is 0 Å². The lowest BCUT2D eigenvalue weighted by Crippen LogP contribution is -2.52. The van der Waals surface area contributed by atoms with E-state index in [0.29, 0.717) is 43.0 Å². The van der Waals surface area contributed by atoms with E-state index in [1.165, 1.54) is 30.7 Å². The molecule has 0 saturated carbocycles. The number of benzene rings is 3. The number of rotatable bonds is 14. The molecule has 1 heterocycles. The van der Waals surface area contributed by atoms with Gasteiger partial charge in [-0.05, 0) is 94.1 Å². The number of nitrogens with zero attached hydrogens (tertiary/aromatic N) is 3. The van der Waals surface area contributed by atoms with Gasteiger partial charge in [-0.25, -0.2) is 18.6 Å². The Morgan fingerprint density at radius 2 is 1.46 bits per heavy atom. The zero-order valence-electron chi connectivity index (χ0n) is 31.5. The lowest BCUT2D eigenvalue weighted by molar-refractivity contribution is -0.137. The molecule has 0 aliphatic heterocycles. The standard InChI is InChI=1S/C40H43F5N4O7/c1-6-12-48(13-7-2)35(51)27-18-26(34-46-11-14-55-34)19-28(20-27)37(53)49(36(52)25-9-8-10-29(21-25)40(43,44)45)23-33(50)32(47-38(54)56-39(3,4)5)17-24-15-30(41)22-31(42)16-24/h8-11,14-16,18-22,32-33,50H,6-7,12-13,17,23H2,1-5H3,(H,47,54)/t32-,33+/m0/s1. The van der Waals surface area contributed by atoms with E-state index in [1.54, 1.807) is 25.7 Å². The van der Waals surface area contributed by atoms with Gasteiger partial charge >= 0.3 is 12.3 Å². The van der Waals surface area contributed by atoms with Crippen molar-refractivity contribution in [1.82, 2.24) is 20.1 Å². The van der Waals surface area contributed by atoms with Gasteiger partial charge in [-0.15, -0.1) is 0 Å². The maximum Gasteiger partial charge on any atom is 0.416 e. The SMILES string of the molecule is CCCN(CCC)C(=O)c1cc(C(=O)N(C[C@@H](O)[C@H](Cc2cc(F)cc(F)c2)NC(=O)OC(C)(C)C)C(=O)c2cccc(C(F)(F)F)c2)cc(-c2ncco2)c1. The second-order valence-electron chi connectivity index (χ2n) is 14.0. The van der Waals surface area contributed by atoms with E-state index in [1.807, 2.05) is 13.8 Å². The fraction of sp³-hybridized carbons (Fsp3) is 0.375. The average Bonchev–Trinajstić information content (AvgIpc) is 3.66. The van der Waals surface area contributed by atoms with Gasteiger partial charge in [-0.2, -0.15) is 13.2 Å². The van der Waals surface area contributed by atoms with E-state index < -0.39 is 83.5 Å². The first kappa shape index (κ1) is 43.1. The Morgan fingerprint density at radius 3 is 2.02 bits per heavy atom. The molecule has 0 fully saturated rings. The number of nitrogens with one attached hydrogen (secondary N) is 1.